The zero-order valence-electron chi connectivity index (χ0n) is 9.47. The Balaban J connectivity index is 2.17. The molecular formula is C12H22N2. The maximum Gasteiger partial charge on any atom is 0.0389 e. The van der Waals surface area contributed by atoms with Crippen LogP contribution in [0.15, 0.2) is 5.10 Å². The summed E-state index contributed by atoms with van der Waals surface area (Å²) in [7, 11) is 0. The molecule has 0 saturated heterocycles. The van der Waals surface area contributed by atoms with Crippen LogP contribution in [-0.4, -0.2) is 12.3 Å². The highest BCUT2D eigenvalue weighted by atomic mass is 15.3. The second-order valence-electron chi connectivity index (χ2n) is 5.25. The molecule has 0 aromatic heterocycles. The third-order valence-electron chi connectivity index (χ3n) is 4.07. The molecule has 2 unspecified atom stereocenters. The number of hydrogen-bond donors (Lipinski definition) is 1. The van der Waals surface area contributed by atoms with E-state index in [0.29, 0.717) is 5.41 Å². The van der Waals surface area contributed by atoms with E-state index in [1.807, 2.05) is 0 Å². The molecule has 14 heavy (non-hydrogen) atoms. The molecule has 2 nitrogen and oxygen atoms in total. The molecule has 1 aliphatic carbocycles. The highest BCUT2D eigenvalue weighted by Gasteiger charge is 2.38. The summed E-state index contributed by atoms with van der Waals surface area (Å²) in [6, 6.07) is 0. The van der Waals surface area contributed by atoms with E-state index >= 15 is 0 Å². The smallest absolute Gasteiger partial charge is 0.0389 e. The van der Waals surface area contributed by atoms with E-state index in [-0.39, 0.29) is 0 Å². The average molecular weight is 194 g/mol. The van der Waals surface area contributed by atoms with Crippen LogP contribution in [0.2, 0.25) is 0 Å². The Labute approximate surface area is 87.2 Å². The van der Waals surface area contributed by atoms with Crippen molar-refractivity contribution >= 4 is 5.71 Å². The third-order valence-corrected chi connectivity index (χ3v) is 4.07. The van der Waals surface area contributed by atoms with Gasteiger partial charge in [0.2, 0.25) is 0 Å². The predicted molar refractivity (Wildman–Crippen MR) is 60.4 cm³/mol. The van der Waals surface area contributed by atoms with E-state index < -0.39 is 0 Å². The Morgan fingerprint density at radius 2 is 2.07 bits per heavy atom. The van der Waals surface area contributed by atoms with Gasteiger partial charge in [-0.3, -0.25) is 0 Å². The van der Waals surface area contributed by atoms with Crippen molar-refractivity contribution in [3.63, 3.8) is 0 Å². The standard InChI is InChI=1S/C12H22N2/c1-10-11-7-5-3-4-6-8-12(11,2)9-13-14-10/h11,13H,3-9H2,1-2H3. The molecule has 80 valence electrons. The second-order valence-corrected chi connectivity index (χ2v) is 5.25. The normalized spacial score (nSPS) is 38.7. The number of hydrazone groups is 1. The molecule has 2 rings (SSSR count). The number of rotatable bonds is 0. The minimum atomic E-state index is 0.478. The molecule has 0 bridgehead atoms. The molecule has 0 amide bonds. The zero-order valence-corrected chi connectivity index (χ0v) is 9.47. The van der Waals surface area contributed by atoms with E-state index in [0.717, 1.165) is 12.5 Å². The Bertz CT molecular complexity index is 234. The number of fused-ring (bicyclic) bond motifs is 1. The van der Waals surface area contributed by atoms with Gasteiger partial charge in [0.1, 0.15) is 0 Å². The first-order chi connectivity index (χ1) is 6.72. The molecule has 0 aromatic carbocycles. The molecule has 0 aromatic rings. The molecule has 0 radical (unpaired) electrons. The van der Waals surface area contributed by atoms with Gasteiger partial charge in [0, 0.05) is 18.2 Å². The van der Waals surface area contributed by atoms with Crippen LogP contribution >= 0.6 is 0 Å². The minimum Gasteiger partial charge on any atom is -0.310 e. The molecule has 2 aliphatic rings. The maximum absolute atomic E-state index is 4.40. The van der Waals surface area contributed by atoms with Crippen LogP contribution < -0.4 is 5.43 Å². The SMILES string of the molecule is CC1=NNCC2(C)CCCCCCC12. The number of hydrogen-bond acceptors (Lipinski definition) is 2. The van der Waals surface area contributed by atoms with Crippen molar-refractivity contribution in [1.29, 1.82) is 0 Å². The molecule has 1 heterocycles. The highest BCUT2D eigenvalue weighted by Crippen LogP contribution is 2.40. The van der Waals surface area contributed by atoms with Crippen molar-refractivity contribution in [1.82, 2.24) is 5.43 Å². The predicted octanol–water partition coefficient (Wildman–Crippen LogP) is 2.94. The van der Waals surface area contributed by atoms with Crippen LogP contribution in [0.3, 0.4) is 0 Å². The van der Waals surface area contributed by atoms with Gasteiger partial charge in [-0.25, -0.2) is 0 Å². The lowest BCUT2D eigenvalue weighted by atomic mass is 9.67. The van der Waals surface area contributed by atoms with Crippen molar-refractivity contribution in [2.75, 3.05) is 6.54 Å². The first-order valence-corrected chi connectivity index (χ1v) is 5.99. The molecule has 1 aliphatic heterocycles. The van der Waals surface area contributed by atoms with E-state index in [2.05, 4.69) is 24.4 Å². The van der Waals surface area contributed by atoms with E-state index in [1.54, 1.807) is 0 Å². The van der Waals surface area contributed by atoms with Crippen molar-refractivity contribution in [3.05, 3.63) is 0 Å². The first-order valence-electron chi connectivity index (χ1n) is 5.99. The second kappa shape index (κ2) is 3.92. The molecule has 2 atom stereocenters. The van der Waals surface area contributed by atoms with Gasteiger partial charge in [0.25, 0.3) is 0 Å². The lowest BCUT2D eigenvalue weighted by Crippen LogP contribution is -2.45. The van der Waals surface area contributed by atoms with Crippen LogP contribution in [0.4, 0.5) is 0 Å². The van der Waals surface area contributed by atoms with Crippen LogP contribution in [0.25, 0.3) is 0 Å². The van der Waals surface area contributed by atoms with E-state index in [4.69, 9.17) is 0 Å². The van der Waals surface area contributed by atoms with Crippen LogP contribution in [0.1, 0.15) is 52.4 Å². The fourth-order valence-electron chi connectivity index (χ4n) is 3.10. The monoisotopic (exact) mass is 194 g/mol. The summed E-state index contributed by atoms with van der Waals surface area (Å²) < 4.78 is 0. The summed E-state index contributed by atoms with van der Waals surface area (Å²) in [5.41, 5.74) is 5.02. The number of nitrogens with zero attached hydrogens (tertiary/aromatic N) is 1. The van der Waals surface area contributed by atoms with Crippen LogP contribution in [-0.2, 0) is 0 Å². The Morgan fingerprint density at radius 3 is 2.93 bits per heavy atom. The summed E-state index contributed by atoms with van der Waals surface area (Å²) in [5, 5.41) is 4.40. The lowest BCUT2D eigenvalue weighted by molar-refractivity contribution is 0.170. The summed E-state index contributed by atoms with van der Waals surface area (Å²) in [6.45, 7) is 5.71. The summed E-state index contributed by atoms with van der Waals surface area (Å²) >= 11 is 0. The topological polar surface area (TPSA) is 24.4 Å². The molecule has 2 heteroatoms. The van der Waals surface area contributed by atoms with Gasteiger partial charge < -0.3 is 5.43 Å². The van der Waals surface area contributed by atoms with Gasteiger partial charge in [0.15, 0.2) is 0 Å². The van der Waals surface area contributed by atoms with E-state index in [1.165, 1.54) is 44.2 Å². The summed E-state index contributed by atoms with van der Waals surface area (Å²) in [6.07, 6.45) is 8.38. The van der Waals surface area contributed by atoms with E-state index in [9.17, 15) is 0 Å². The van der Waals surface area contributed by atoms with Crippen molar-refractivity contribution in [3.8, 4) is 0 Å². The first kappa shape index (κ1) is 10.0. The molecule has 0 spiro atoms. The fourth-order valence-corrected chi connectivity index (χ4v) is 3.10. The van der Waals surface area contributed by atoms with Crippen LogP contribution in [0.5, 0.6) is 0 Å². The summed E-state index contributed by atoms with van der Waals surface area (Å²) in [5.74, 6) is 0.740. The third kappa shape index (κ3) is 1.79. The number of nitrogens with one attached hydrogen (secondary N) is 1. The van der Waals surface area contributed by atoms with Crippen LogP contribution in [0, 0.1) is 11.3 Å². The molecule has 1 fully saturated rings. The Hall–Kier alpha value is -0.530. The Morgan fingerprint density at radius 1 is 1.29 bits per heavy atom. The van der Waals surface area contributed by atoms with Gasteiger partial charge in [-0.05, 0) is 25.2 Å². The lowest BCUT2D eigenvalue weighted by Gasteiger charge is -2.42. The maximum atomic E-state index is 4.40. The van der Waals surface area contributed by atoms with Crippen molar-refractivity contribution in [2.45, 2.75) is 52.4 Å². The highest BCUT2D eigenvalue weighted by molar-refractivity contribution is 5.85. The zero-order chi connectivity index (χ0) is 10.0. The fraction of sp³-hybridized carbons (Fsp3) is 0.917. The van der Waals surface area contributed by atoms with Gasteiger partial charge >= 0.3 is 0 Å². The van der Waals surface area contributed by atoms with Crippen molar-refractivity contribution < 1.29 is 0 Å². The molecular weight excluding hydrogens is 172 g/mol. The molecule has 1 N–H and O–H groups in total. The van der Waals surface area contributed by atoms with Gasteiger partial charge in [-0.1, -0.05) is 32.6 Å². The minimum absolute atomic E-state index is 0.478. The van der Waals surface area contributed by atoms with Crippen molar-refractivity contribution in [2.24, 2.45) is 16.4 Å². The quantitative estimate of drug-likeness (QED) is 0.630. The summed E-state index contributed by atoms with van der Waals surface area (Å²) in [4.78, 5) is 0. The van der Waals surface area contributed by atoms with Gasteiger partial charge in [-0.2, -0.15) is 5.10 Å². The van der Waals surface area contributed by atoms with Gasteiger partial charge in [-0.15, -0.1) is 0 Å². The average Bonchev–Trinajstić information content (AvgIpc) is 2.11. The molecule has 1 saturated carbocycles. The largest absolute Gasteiger partial charge is 0.310 e. The van der Waals surface area contributed by atoms with Gasteiger partial charge in [0.05, 0.1) is 0 Å². The Kier molecular flexibility index (Phi) is 2.80.